The van der Waals surface area contributed by atoms with Gasteiger partial charge in [0.2, 0.25) is 5.27 Å². The maximum absolute atomic E-state index is 12.4. The second-order valence-electron chi connectivity index (χ2n) is 5.50. The highest BCUT2D eigenvalue weighted by Gasteiger charge is 2.41. The van der Waals surface area contributed by atoms with E-state index in [2.05, 4.69) is 10.0 Å². The van der Waals surface area contributed by atoms with Crippen molar-refractivity contribution in [3.8, 4) is 0 Å². The number of anilines is 1. The third-order valence-corrected chi connectivity index (χ3v) is 6.04. The molecule has 1 fully saturated rings. The van der Waals surface area contributed by atoms with Gasteiger partial charge in [-0.05, 0) is 6.92 Å². The van der Waals surface area contributed by atoms with Crippen LogP contribution in [-0.2, 0) is 19.7 Å². The van der Waals surface area contributed by atoms with Crippen molar-refractivity contribution in [1.82, 2.24) is 13.9 Å². The maximum Gasteiger partial charge on any atom is 0.386 e. The molecule has 2 heterocycles. The molecule has 0 radical (unpaired) electrons. The molecule has 0 aromatic carbocycles. The number of hydrogen-bond donors (Lipinski definition) is 1. The minimum Gasteiger partial charge on any atom is -0.460 e. The first-order chi connectivity index (χ1) is 12.2. The summed E-state index contributed by atoms with van der Waals surface area (Å²) in [5.74, 6) is -2.36. The van der Waals surface area contributed by atoms with E-state index < -0.39 is 22.0 Å². The van der Waals surface area contributed by atoms with Crippen molar-refractivity contribution in [3.05, 3.63) is 5.69 Å². The lowest BCUT2D eigenvalue weighted by atomic mass is 10.3. The molecule has 0 spiro atoms. The van der Waals surface area contributed by atoms with Crippen LogP contribution in [-0.4, -0.2) is 80.4 Å². The van der Waals surface area contributed by atoms with Crippen molar-refractivity contribution in [1.29, 1.82) is 0 Å². The molecule has 13 heteroatoms. The van der Waals surface area contributed by atoms with Gasteiger partial charge in [-0.25, -0.2) is 4.79 Å². The van der Waals surface area contributed by atoms with E-state index in [1.165, 1.54) is 15.7 Å². The summed E-state index contributed by atoms with van der Waals surface area (Å²) < 4.78 is 36.8. The monoisotopic (exact) mass is 391 g/mol. The summed E-state index contributed by atoms with van der Waals surface area (Å²) in [4.78, 5) is 25.0. The molecule has 26 heavy (non-hydrogen) atoms. The fraction of sp³-hybridized carbons (Fsp3) is 0.692. The third-order valence-electron chi connectivity index (χ3n) is 3.97. The van der Waals surface area contributed by atoms with Crippen LogP contribution in [0, 0.1) is 0 Å². The number of ether oxygens (including phenoxy) is 1. The molecule has 1 aromatic heterocycles. The number of hydrogen-bond acceptors (Lipinski definition) is 9. The van der Waals surface area contributed by atoms with Gasteiger partial charge in [0.1, 0.15) is 0 Å². The number of nitrogens with two attached hydrogens (primary N) is 1. The smallest absolute Gasteiger partial charge is 0.386 e. The van der Waals surface area contributed by atoms with Crippen LogP contribution in [0.4, 0.5) is 5.88 Å². The zero-order valence-electron chi connectivity index (χ0n) is 14.9. The minimum absolute atomic E-state index is 0.0389. The van der Waals surface area contributed by atoms with E-state index in [9.17, 15) is 18.0 Å². The van der Waals surface area contributed by atoms with Gasteiger partial charge in [0.05, 0.1) is 24.5 Å². The van der Waals surface area contributed by atoms with Crippen molar-refractivity contribution < 1.29 is 32.1 Å². The topological polar surface area (TPSA) is 143 Å². The first-order valence-electron chi connectivity index (χ1n) is 8.09. The van der Waals surface area contributed by atoms with E-state index >= 15 is 0 Å². The third kappa shape index (κ3) is 3.78. The first kappa shape index (κ1) is 20.1. The Balaban J connectivity index is 2.16. The van der Waals surface area contributed by atoms with E-state index in [0.29, 0.717) is 6.54 Å². The number of carbonyl (C=O) groups is 2. The second-order valence-corrected chi connectivity index (χ2v) is 7.53. The molecule has 1 aromatic rings. The minimum atomic E-state index is -3.54. The molecule has 12 nitrogen and oxygen atoms in total. The fourth-order valence-electron chi connectivity index (χ4n) is 2.41. The largest absolute Gasteiger partial charge is 0.460 e. The van der Waals surface area contributed by atoms with Gasteiger partial charge in [-0.2, -0.15) is 17.0 Å². The van der Waals surface area contributed by atoms with Crippen molar-refractivity contribution in [3.63, 3.8) is 0 Å². The molecule has 0 unspecified atom stereocenters. The Labute approximate surface area is 151 Å². The molecular weight excluding hydrogens is 368 g/mol. The molecule has 1 aliphatic rings. The van der Waals surface area contributed by atoms with Crippen LogP contribution in [0.1, 0.15) is 24.3 Å². The van der Waals surface area contributed by atoms with E-state index in [1.807, 2.05) is 0 Å². The van der Waals surface area contributed by atoms with Crippen LogP contribution >= 0.6 is 0 Å². The van der Waals surface area contributed by atoms with Gasteiger partial charge >= 0.3 is 23.3 Å². The number of ketones is 1. The Bertz CT molecular complexity index is 770. The molecule has 1 aliphatic heterocycles. The van der Waals surface area contributed by atoms with Gasteiger partial charge in [0.15, 0.2) is 0 Å². The molecule has 2 N–H and O–H groups in total. The zero-order valence-corrected chi connectivity index (χ0v) is 15.7. The summed E-state index contributed by atoms with van der Waals surface area (Å²) in [6.45, 7) is 4.54. The van der Waals surface area contributed by atoms with Gasteiger partial charge in [0, 0.05) is 26.7 Å². The standard InChI is InChI=1S/C13H22N6O6S/c1-4-16(3)26(22,23)18-8-6-17(7-9-18)19-10(12(14)25-15-19)11(20)13(21)24-5-2/h4-9H2,1-3H3,(H-,14,15,20)/p+1. The van der Waals surface area contributed by atoms with E-state index in [-0.39, 0.29) is 44.4 Å². The molecule has 0 atom stereocenters. The number of carbonyl (C=O) groups excluding carboxylic acids is 2. The molecule has 146 valence electrons. The molecule has 1 saturated heterocycles. The Morgan fingerprint density at radius 1 is 1.31 bits per heavy atom. The van der Waals surface area contributed by atoms with Gasteiger partial charge in [-0.1, -0.05) is 6.92 Å². The second kappa shape index (κ2) is 7.97. The van der Waals surface area contributed by atoms with Crippen LogP contribution in [0.2, 0.25) is 0 Å². The number of nitrogens with zero attached hydrogens (tertiary/aromatic N) is 5. The average Bonchev–Trinajstić information content (AvgIpc) is 3.02. The first-order valence-corrected chi connectivity index (χ1v) is 9.49. The van der Waals surface area contributed by atoms with Crippen LogP contribution < -0.4 is 15.5 Å². The number of aromatic nitrogens is 2. The van der Waals surface area contributed by atoms with Crippen LogP contribution in [0.15, 0.2) is 4.52 Å². The number of esters is 1. The predicted molar refractivity (Wildman–Crippen MR) is 88.8 cm³/mol. The van der Waals surface area contributed by atoms with E-state index in [4.69, 9.17) is 10.3 Å². The highest BCUT2D eigenvalue weighted by atomic mass is 32.2. The Morgan fingerprint density at radius 2 is 1.92 bits per heavy atom. The van der Waals surface area contributed by atoms with Gasteiger partial charge in [0.25, 0.3) is 10.2 Å². The SMILES string of the molecule is CCOC(=O)C(=O)c1c(N)on[n+]1N1CCN(S(=O)(=O)N(C)CC)CC1. The van der Waals surface area contributed by atoms with Crippen molar-refractivity contribution in [2.24, 2.45) is 0 Å². The summed E-state index contributed by atoms with van der Waals surface area (Å²) >= 11 is 0. The molecule has 0 saturated carbocycles. The predicted octanol–water partition coefficient (Wildman–Crippen LogP) is -2.26. The number of Topliss-reactive ketones (excluding diaryl/α,β-unsaturated/α-hetero) is 1. The molecule has 0 amide bonds. The van der Waals surface area contributed by atoms with Crippen LogP contribution in [0.5, 0.6) is 0 Å². The highest BCUT2D eigenvalue weighted by molar-refractivity contribution is 7.86. The Morgan fingerprint density at radius 3 is 2.46 bits per heavy atom. The number of rotatable bonds is 7. The summed E-state index contributed by atoms with van der Waals surface area (Å²) in [6, 6.07) is 0. The summed E-state index contributed by atoms with van der Waals surface area (Å²) in [5.41, 5.74) is 5.37. The molecular formula is C13H23N6O6S+. The Kier molecular flexibility index (Phi) is 6.15. The zero-order chi connectivity index (χ0) is 19.5. The number of nitrogen functional groups attached to an aromatic ring is 1. The Hall–Kier alpha value is -2.25. The van der Waals surface area contributed by atoms with E-state index in [0.717, 1.165) is 4.79 Å². The fourth-order valence-corrected chi connectivity index (χ4v) is 3.76. The van der Waals surface area contributed by atoms with Crippen molar-refractivity contribution in [2.45, 2.75) is 13.8 Å². The van der Waals surface area contributed by atoms with Crippen molar-refractivity contribution >= 4 is 27.8 Å². The van der Waals surface area contributed by atoms with Gasteiger partial charge < -0.3 is 10.5 Å². The molecule has 0 bridgehead atoms. The molecule has 2 rings (SSSR count). The van der Waals surface area contributed by atoms with Crippen LogP contribution in [0.3, 0.4) is 0 Å². The summed E-state index contributed by atoms with van der Waals surface area (Å²) in [5, 5.41) is 5.25. The lowest BCUT2D eigenvalue weighted by Gasteiger charge is -2.32. The van der Waals surface area contributed by atoms with Crippen molar-refractivity contribution in [2.75, 3.05) is 57.1 Å². The lowest BCUT2D eigenvalue weighted by molar-refractivity contribution is -0.760. The lowest BCUT2D eigenvalue weighted by Crippen LogP contribution is -2.68. The average molecular weight is 391 g/mol. The summed E-state index contributed by atoms with van der Waals surface area (Å²) in [7, 11) is -2.03. The highest BCUT2D eigenvalue weighted by Crippen LogP contribution is 2.11. The number of piperazine rings is 1. The van der Waals surface area contributed by atoms with Gasteiger partial charge in [-0.15, -0.1) is 5.01 Å². The maximum atomic E-state index is 12.4. The van der Waals surface area contributed by atoms with Crippen LogP contribution in [0.25, 0.3) is 0 Å². The normalized spacial score (nSPS) is 16.1. The van der Waals surface area contributed by atoms with E-state index in [1.54, 1.807) is 18.9 Å². The quantitative estimate of drug-likeness (QED) is 0.236. The van der Waals surface area contributed by atoms with Gasteiger partial charge in [-0.3, -0.25) is 9.32 Å². The molecule has 0 aliphatic carbocycles. The summed E-state index contributed by atoms with van der Waals surface area (Å²) in [6.07, 6.45) is 0.